The van der Waals surface area contributed by atoms with E-state index < -0.39 is 0 Å². The van der Waals surface area contributed by atoms with E-state index >= 15 is 0 Å². The van der Waals surface area contributed by atoms with E-state index in [9.17, 15) is 0 Å². The second kappa shape index (κ2) is 5.15. The molecule has 1 aliphatic carbocycles. The van der Waals surface area contributed by atoms with Crippen molar-refractivity contribution in [1.29, 1.82) is 0 Å². The molecule has 0 saturated heterocycles. The van der Waals surface area contributed by atoms with Gasteiger partial charge < -0.3 is 10.2 Å². The smallest absolute Gasteiger partial charge is 0.187 e. The summed E-state index contributed by atoms with van der Waals surface area (Å²) >= 11 is 0. The van der Waals surface area contributed by atoms with Gasteiger partial charge in [0.05, 0.1) is 22.7 Å². The zero-order valence-electron chi connectivity index (χ0n) is 14.4. The Morgan fingerprint density at radius 3 is 2.31 bits per heavy atom. The molecule has 3 nitrogen and oxygen atoms in total. The number of nitrogens with zero attached hydrogens (tertiary/aromatic N) is 2. The van der Waals surface area contributed by atoms with Crippen LogP contribution in [0.25, 0.3) is 10.8 Å². The molecule has 1 unspecified atom stereocenters. The van der Waals surface area contributed by atoms with Gasteiger partial charge in [-0.25, -0.2) is 0 Å². The number of rotatable bonds is 1. The number of hydrogen-bond acceptors (Lipinski definition) is 3. The van der Waals surface area contributed by atoms with Crippen LogP contribution in [0.15, 0.2) is 84.6 Å². The van der Waals surface area contributed by atoms with Crippen LogP contribution in [0.2, 0.25) is 0 Å². The summed E-state index contributed by atoms with van der Waals surface area (Å²) in [7, 11) is 0. The zero-order valence-corrected chi connectivity index (χ0v) is 14.4. The number of para-hydroxylation sites is 2. The van der Waals surface area contributed by atoms with Gasteiger partial charge in [0.15, 0.2) is 6.29 Å². The topological polar surface area (TPSA) is 18.5 Å². The number of benzene rings is 3. The Kier molecular flexibility index (Phi) is 2.78. The van der Waals surface area contributed by atoms with Crippen molar-refractivity contribution in [3.8, 4) is 0 Å². The van der Waals surface area contributed by atoms with Crippen molar-refractivity contribution in [2.24, 2.45) is 0 Å². The molecule has 0 spiro atoms. The molecular weight excluding hydrogens is 318 g/mol. The molecule has 2 aliphatic heterocycles. The highest BCUT2D eigenvalue weighted by atomic mass is 15.5. The van der Waals surface area contributed by atoms with Gasteiger partial charge in [-0.05, 0) is 54.0 Å². The Labute approximate surface area is 152 Å². The van der Waals surface area contributed by atoms with E-state index in [1.54, 1.807) is 0 Å². The summed E-state index contributed by atoms with van der Waals surface area (Å²) < 4.78 is 0. The highest BCUT2D eigenvalue weighted by molar-refractivity contribution is 6.00. The quantitative estimate of drug-likeness (QED) is 0.611. The minimum absolute atomic E-state index is 0.108. The summed E-state index contributed by atoms with van der Waals surface area (Å²) in [6.07, 6.45) is 8.97. The first kappa shape index (κ1) is 14.0. The SMILES string of the molecule is C1=CCCC(N2c3ccccc3N3c4cc5ccccc5cc4NC23)=C1. The molecule has 1 N–H and O–H groups in total. The first-order valence-corrected chi connectivity index (χ1v) is 9.23. The molecule has 3 aromatic carbocycles. The van der Waals surface area contributed by atoms with Crippen LogP contribution in [-0.2, 0) is 0 Å². The summed E-state index contributed by atoms with van der Waals surface area (Å²) in [6.45, 7) is 0. The van der Waals surface area contributed by atoms with E-state index in [1.807, 2.05) is 0 Å². The first-order chi connectivity index (χ1) is 12.9. The molecule has 0 amide bonds. The molecular formula is C23H19N3. The predicted octanol–water partition coefficient (Wildman–Crippen LogP) is 5.74. The van der Waals surface area contributed by atoms with Crippen LogP contribution in [0.4, 0.5) is 22.7 Å². The Bertz CT molecular complexity index is 1100. The van der Waals surface area contributed by atoms with Crippen LogP contribution in [0, 0.1) is 0 Å². The number of hydrogen-bond donors (Lipinski definition) is 1. The molecule has 3 heteroatoms. The molecule has 0 saturated carbocycles. The fourth-order valence-corrected chi connectivity index (χ4v) is 4.43. The average molecular weight is 337 g/mol. The van der Waals surface area contributed by atoms with Gasteiger partial charge in [-0.2, -0.15) is 0 Å². The van der Waals surface area contributed by atoms with Gasteiger partial charge in [0.2, 0.25) is 0 Å². The molecule has 6 rings (SSSR count). The molecule has 26 heavy (non-hydrogen) atoms. The van der Waals surface area contributed by atoms with E-state index in [0.717, 1.165) is 12.8 Å². The van der Waals surface area contributed by atoms with Gasteiger partial charge in [0, 0.05) is 5.70 Å². The molecule has 0 radical (unpaired) electrons. The standard InChI is InChI=1S/C23H19N3/c1-2-10-18(11-3-1)25-20-12-6-7-13-21(20)26-22-15-17-9-5-4-8-16(17)14-19(22)24-23(25)26/h1-2,4-10,12-15,23-24H,3,11H2. The molecule has 0 bridgehead atoms. The number of nitrogens with one attached hydrogen (secondary N) is 1. The van der Waals surface area contributed by atoms with Crippen LogP contribution in [0.1, 0.15) is 12.8 Å². The number of fused-ring (bicyclic) bond motifs is 6. The lowest BCUT2D eigenvalue weighted by molar-refractivity contribution is 0.740. The summed E-state index contributed by atoms with van der Waals surface area (Å²) in [5, 5.41) is 6.33. The molecule has 0 aromatic heterocycles. The molecule has 1 atom stereocenters. The van der Waals surface area contributed by atoms with Crippen LogP contribution in [0.5, 0.6) is 0 Å². The minimum atomic E-state index is 0.108. The van der Waals surface area contributed by atoms with Crippen molar-refractivity contribution in [1.82, 2.24) is 0 Å². The fourth-order valence-electron chi connectivity index (χ4n) is 4.43. The average Bonchev–Trinajstić information content (AvgIpc) is 3.20. The van der Waals surface area contributed by atoms with Gasteiger partial charge in [-0.1, -0.05) is 48.6 Å². The predicted molar refractivity (Wildman–Crippen MR) is 109 cm³/mol. The van der Waals surface area contributed by atoms with Gasteiger partial charge in [-0.15, -0.1) is 0 Å². The van der Waals surface area contributed by atoms with Crippen LogP contribution < -0.4 is 15.1 Å². The molecule has 3 aromatic rings. The lowest BCUT2D eigenvalue weighted by atomic mass is 10.1. The Balaban J connectivity index is 1.56. The Morgan fingerprint density at radius 2 is 1.54 bits per heavy atom. The van der Waals surface area contributed by atoms with Gasteiger partial charge in [-0.3, -0.25) is 4.90 Å². The minimum Gasteiger partial charge on any atom is -0.346 e. The van der Waals surface area contributed by atoms with Crippen molar-refractivity contribution in [2.75, 3.05) is 15.1 Å². The Hall–Kier alpha value is -3.20. The third kappa shape index (κ3) is 1.83. The molecule has 2 heterocycles. The van der Waals surface area contributed by atoms with Gasteiger partial charge in [0.1, 0.15) is 0 Å². The highest BCUT2D eigenvalue weighted by Crippen LogP contribution is 2.52. The van der Waals surface area contributed by atoms with E-state index in [4.69, 9.17) is 0 Å². The van der Waals surface area contributed by atoms with Crippen LogP contribution in [-0.4, -0.2) is 6.29 Å². The second-order valence-corrected chi connectivity index (χ2v) is 7.09. The van der Waals surface area contributed by atoms with Crippen molar-refractivity contribution < 1.29 is 0 Å². The normalized spacial score (nSPS) is 19.8. The summed E-state index contributed by atoms with van der Waals surface area (Å²) in [6, 6.07) is 21.9. The molecule has 0 fully saturated rings. The largest absolute Gasteiger partial charge is 0.346 e. The summed E-state index contributed by atoms with van der Waals surface area (Å²) in [5.41, 5.74) is 6.40. The maximum Gasteiger partial charge on any atom is 0.187 e. The lowest BCUT2D eigenvalue weighted by Gasteiger charge is -2.30. The monoisotopic (exact) mass is 337 g/mol. The molecule has 3 aliphatic rings. The van der Waals surface area contributed by atoms with Crippen LogP contribution in [0.3, 0.4) is 0 Å². The van der Waals surface area contributed by atoms with Crippen molar-refractivity contribution >= 4 is 33.5 Å². The second-order valence-electron chi connectivity index (χ2n) is 7.09. The first-order valence-electron chi connectivity index (χ1n) is 9.23. The van der Waals surface area contributed by atoms with Gasteiger partial charge >= 0.3 is 0 Å². The van der Waals surface area contributed by atoms with E-state index in [-0.39, 0.29) is 6.29 Å². The van der Waals surface area contributed by atoms with Crippen molar-refractivity contribution in [3.63, 3.8) is 0 Å². The maximum absolute atomic E-state index is 3.77. The van der Waals surface area contributed by atoms with Crippen LogP contribution >= 0.6 is 0 Å². The number of anilines is 4. The lowest BCUT2D eigenvalue weighted by Crippen LogP contribution is -2.42. The third-order valence-electron chi connectivity index (χ3n) is 5.60. The summed E-state index contributed by atoms with van der Waals surface area (Å²) in [4.78, 5) is 4.90. The van der Waals surface area contributed by atoms with E-state index in [2.05, 4.69) is 94.0 Å². The third-order valence-corrected chi connectivity index (χ3v) is 5.60. The highest BCUT2D eigenvalue weighted by Gasteiger charge is 2.43. The fraction of sp³-hybridized carbons (Fsp3) is 0.130. The zero-order chi connectivity index (χ0) is 17.1. The summed E-state index contributed by atoms with van der Waals surface area (Å²) in [5.74, 6) is 0. The van der Waals surface area contributed by atoms with E-state index in [0.29, 0.717) is 0 Å². The van der Waals surface area contributed by atoms with Gasteiger partial charge in [0.25, 0.3) is 0 Å². The van der Waals surface area contributed by atoms with E-state index in [1.165, 1.54) is 39.2 Å². The number of allylic oxidation sites excluding steroid dienone is 4. The Morgan fingerprint density at radius 1 is 0.808 bits per heavy atom. The van der Waals surface area contributed by atoms with Crippen molar-refractivity contribution in [3.05, 3.63) is 84.6 Å². The van der Waals surface area contributed by atoms with Crippen molar-refractivity contribution in [2.45, 2.75) is 19.1 Å². The molecule has 126 valence electrons. The maximum atomic E-state index is 3.77.